The van der Waals surface area contributed by atoms with E-state index >= 15 is 0 Å². The summed E-state index contributed by atoms with van der Waals surface area (Å²) in [6.07, 6.45) is -0.436. The summed E-state index contributed by atoms with van der Waals surface area (Å²) in [6, 6.07) is 16.3. The van der Waals surface area contributed by atoms with Crippen molar-refractivity contribution in [3.63, 3.8) is 0 Å². The zero-order valence-electron chi connectivity index (χ0n) is 17.3. The van der Waals surface area contributed by atoms with Gasteiger partial charge < -0.3 is 4.74 Å². The minimum Gasteiger partial charge on any atom is -0.494 e. The molecule has 0 bridgehead atoms. The lowest BCUT2D eigenvalue weighted by atomic mass is 10.1. The van der Waals surface area contributed by atoms with Gasteiger partial charge in [0, 0.05) is 11.3 Å². The van der Waals surface area contributed by atoms with Gasteiger partial charge in [0.05, 0.1) is 18.8 Å². The summed E-state index contributed by atoms with van der Waals surface area (Å²) in [5.41, 5.74) is 5.78. The van der Waals surface area contributed by atoms with Crippen LogP contribution in [0.3, 0.4) is 0 Å². The topological polar surface area (TPSA) is 57.2 Å². The molecule has 3 heterocycles. The van der Waals surface area contributed by atoms with Crippen LogP contribution < -0.4 is 15.1 Å². The lowest BCUT2D eigenvalue weighted by Gasteiger charge is -2.39. The number of hydrogen-bond acceptors (Lipinski definition) is 7. The Balaban J connectivity index is 1.41. The molecular weight excluding hydrogens is 447 g/mol. The molecule has 32 heavy (non-hydrogen) atoms. The third-order valence-electron chi connectivity index (χ3n) is 5.25. The normalized spacial score (nSPS) is 17.0. The summed E-state index contributed by atoms with van der Waals surface area (Å²) in [4.78, 5) is 17.8. The Morgan fingerprint density at radius 1 is 1.22 bits per heavy atom. The molecule has 1 amide bonds. The molecule has 2 aliphatic heterocycles. The Kier molecular flexibility index (Phi) is 5.75. The summed E-state index contributed by atoms with van der Waals surface area (Å²) < 4.78 is 19.3. The Morgan fingerprint density at radius 3 is 2.94 bits per heavy atom. The molecule has 0 saturated heterocycles. The van der Waals surface area contributed by atoms with E-state index in [0.717, 1.165) is 27.7 Å². The first kappa shape index (κ1) is 20.8. The number of rotatable bonds is 6. The van der Waals surface area contributed by atoms with E-state index in [4.69, 9.17) is 4.74 Å². The summed E-state index contributed by atoms with van der Waals surface area (Å²) in [7, 11) is 0. The number of hydrazone groups is 1. The molecule has 6 nitrogen and oxygen atoms in total. The van der Waals surface area contributed by atoms with Gasteiger partial charge in [0.25, 0.3) is 5.91 Å². The van der Waals surface area contributed by atoms with Gasteiger partial charge in [-0.1, -0.05) is 42.1 Å². The van der Waals surface area contributed by atoms with Crippen LogP contribution in [0.5, 0.6) is 5.75 Å². The van der Waals surface area contributed by atoms with Crippen LogP contribution in [0, 0.1) is 5.82 Å². The SMILES string of the molecule is CCOc1ccccc1CN1C(=O)c2sccc2N2C(SCc3cccc(F)c3)=NNC12. The Labute approximate surface area is 193 Å². The van der Waals surface area contributed by atoms with E-state index in [0.29, 0.717) is 23.8 Å². The lowest BCUT2D eigenvalue weighted by molar-refractivity contribution is 0.0627. The number of thiophene rings is 1. The smallest absolute Gasteiger partial charge is 0.269 e. The molecule has 164 valence electrons. The zero-order chi connectivity index (χ0) is 22.1. The van der Waals surface area contributed by atoms with Crippen LogP contribution in [0.15, 0.2) is 65.1 Å². The first-order chi connectivity index (χ1) is 15.7. The van der Waals surface area contributed by atoms with Crippen molar-refractivity contribution >= 4 is 39.9 Å². The fourth-order valence-electron chi connectivity index (χ4n) is 3.82. The van der Waals surface area contributed by atoms with E-state index in [1.807, 2.05) is 53.6 Å². The predicted octanol–water partition coefficient (Wildman–Crippen LogP) is 4.84. The Morgan fingerprint density at radius 2 is 2.09 bits per heavy atom. The summed E-state index contributed by atoms with van der Waals surface area (Å²) >= 11 is 2.93. The molecule has 2 aromatic carbocycles. The van der Waals surface area contributed by atoms with E-state index in [-0.39, 0.29) is 11.7 Å². The van der Waals surface area contributed by atoms with E-state index in [9.17, 15) is 9.18 Å². The van der Waals surface area contributed by atoms with Gasteiger partial charge in [-0.2, -0.15) is 5.10 Å². The number of nitrogens with zero attached hydrogens (tertiary/aromatic N) is 3. The van der Waals surface area contributed by atoms with E-state index in [2.05, 4.69) is 10.5 Å². The van der Waals surface area contributed by atoms with Crippen LogP contribution in [0.25, 0.3) is 0 Å². The standard InChI is InChI=1S/C23H21FN4O2S2/c1-2-30-19-9-4-3-7-16(19)13-27-21(29)20-18(10-11-31-20)28-22(27)25-26-23(28)32-14-15-6-5-8-17(24)12-15/h3-12,22,25H,2,13-14H2,1H3. The maximum atomic E-state index is 13.6. The zero-order valence-corrected chi connectivity index (χ0v) is 19.0. The quantitative estimate of drug-likeness (QED) is 0.561. The molecule has 0 aliphatic carbocycles. The molecule has 1 N–H and O–H groups in total. The molecule has 0 fully saturated rings. The summed E-state index contributed by atoms with van der Waals surface area (Å²) in [5.74, 6) is 1.05. The third-order valence-corrected chi connectivity index (χ3v) is 7.17. The molecule has 2 aliphatic rings. The number of carbonyl (C=O) groups is 1. The van der Waals surface area contributed by atoms with Crippen molar-refractivity contribution in [2.45, 2.75) is 25.5 Å². The molecule has 1 aromatic heterocycles. The molecular formula is C23H21FN4O2S2. The average molecular weight is 469 g/mol. The summed E-state index contributed by atoms with van der Waals surface area (Å²) in [5, 5.41) is 7.19. The van der Waals surface area contributed by atoms with Gasteiger partial charge in [0.2, 0.25) is 6.29 Å². The largest absolute Gasteiger partial charge is 0.494 e. The van der Waals surface area contributed by atoms with Gasteiger partial charge in [-0.15, -0.1) is 11.3 Å². The number of fused-ring (bicyclic) bond motifs is 3. The molecule has 1 atom stereocenters. The van der Waals surface area contributed by atoms with Gasteiger partial charge in [0.1, 0.15) is 16.4 Å². The van der Waals surface area contributed by atoms with Gasteiger partial charge in [-0.05, 0) is 42.1 Å². The number of carbonyl (C=O) groups excluding carboxylic acids is 1. The number of hydrogen-bond donors (Lipinski definition) is 1. The highest BCUT2D eigenvalue weighted by Crippen LogP contribution is 2.39. The maximum Gasteiger partial charge on any atom is 0.269 e. The fourth-order valence-corrected chi connectivity index (χ4v) is 5.58. The average Bonchev–Trinajstić information content (AvgIpc) is 3.44. The Bertz CT molecular complexity index is 1180. The molecule has 9 heteroatoms. The van der Waals surface area contributed by atoms with Gasteiger partial charge in [0.15, 0.2) is 5.17 Å². The van der Waals surface area contributed by atoms with Crippen LogP contribution in [0.2, 0.25) is 0 Å². The lowest BCUT2D eigenvalue weighted by Crippen LogP contribution is -2.57. The van der Waals surface area contributed by atoms with Crippen LogP contribution in [0.4, 0.5) is 10.1 Å². The monoisotopic (exact) mass is 468 g/mol. The van der Waals surface area contributed by atoms with Crippen molar-refractivity contribution in [3.05, 3.63) is 81.8 Å². The first-order valence-electron chi connectivity index (χ1n) is 10.2. The number of nitrogens with one attached hydrogen (secondary N) is 1. The highest BCUT2D eigenvalue weighted by Gasteiger charge is 2.44. The summed E-state index contributed by atoms with van der Waals surface area (Å²) in [6.45, 7) is 2.88. The van der Waals surface area contributed by atoms with E-state index in [1.165, 1.54) is 35.2 Å². The van der Waals surface area contributed by atoms with Crippen molar-refractivity contribution in [2.75, 3.05) is 11.5 Å². The Hall–Kier alpha value is -3.04. The molecule has 0 radical (unpaired) electrons. The second kappa shape index (κ2) is 8.84. The molecule has 0 saturated carbocycles. The van der Waals surface area contributed by atoms with Crippen LogP contribution >= 0.6 is 23.1 Å². The second-order valence-electron chi connectivity index (χ2n) is 7.29. The minimum absolute atomic E-state index is 0.0402. The number of thioether (sulfide) groups is 1. The second-order valence-corrected chi connectivity index (χ2v) is 9.15. The number of benzene rings is 2. The maximum absolute atomic E-state index is 13.6. The number of amidine groups is 1. The van der Waals surface area contributed by atoms with Crippen molar-refractivity contribution < 1.29 is 13.9 Å². The molecule has 5 rings (SSSR count). The number of halogens is 1. The van der Waals surface area contributed by atoms with Gasteiger partial charge in [-0.25, -0.2) is 4.39 Å². The van der Waals surface area contributed by atoms with E-state index in [1.54, 1.807) is 11.0 Å². The third kappa shape index (κ3) is 3.82. The molecule has 3 aromatic rings. The molecule has 0 spiro atoms. The number of para-hydroxylation sites is 1. The van der Waals surface area contributed by atoms with Gasteiger partial charge in [-0.3, -0.25) is 20.0 Å². The van der Waals surface area contributed by atoms with Crippen LogP contribution in [-0.4, -0.2) is 28.9 Å². The molecule has 1 unspecified atom stereocenters. The number of ether oxygens (including phenoxy) is 1. The number of anilines is 1. The van der Waals surface area contributed by atoms with Crippen LogP contribution in [-0.2, 0) is 12.3 Å². The van der Waals surface area contributed by atoms with Crippen molar-refractivity contribution in [2.24, 2.45) is 5.10 Å². The minimum atomic E-state index is -0.436. The van der Waals surface area contributed by atoms with Crippen molar-refractivity contribution in [3.8, 4) is 5.75 Å². The van der Waals surface area contributed by atoms with Crippen molar-refractivity contribution in [1.29, 1.82) is 0 Å². The van der Waals surface area contributed by atoms with Gasteiger partial charge >= 0.3 is 0 Å². The first-order valence-corrected chi connectivity index (χ1v) is 12.1. The van der Waals surface area contributed by atoms with Crippen LogP contribution in [0.1, 0.15) is 27.7 Å². The van der Waals surface area contributed by atoms with Crippen molar-refractivity contribution in [1.82, 2.24) is 10.3 Å². The highest BCUT2D eigenvalue weighted by molar-refractivity contribution is 8.13. The highest BCUT2D eigenvalue weighted by atomic mass is 32.2. The fraction of sp³-hybridized carbons (Fsp3) is 0.217. The van der Waals surface area contributed by atoms with E-state index < -0.39 is 6.29 Å². The predicted molar refractivity (Wildman–Crippen MR) is 126 cm³/mol. The number of amides is 1.